The van der Waals surface area contributed by atoms with Crippen molar-refractivity contribution in [3.63, 3.8) is 0 Å². The number of guanidine groups is 1. The van der Waals surface area contributed by atoms with Gasteiger partial charge in [0.15, 0.2) is 5.96 Å². The number of rotatable bonds is 8. The molecule has 0 saturated carbocycles. The molecule has 0 spiro atoms. The Morgan fingerprint density at radius 1 is 1.32 bits per heavy atom. The SMILES string of the molecule is CN=C(NCCCOC(C)c1ccccc1)NC1CCN(CC(F)(F)F)C1.I. The van der Waals surface area contributed by atoms with Crippen LogP contribution in [0.25, 0.3) is 0 Å². The van der Waals surface area contributed by atoms with Crippen molar-refractivity contribution in [2.24, 2.45) is 4.99 Å². The predicted octanol–water partition coefficient (Wildman–Crippen LogP) is 3.57. The smallest absolute Gasteiger partial charge is 0.374 e. The lowest BCUT2D eigenvalue weighted by molar-refractivity contribution is -0.143. The van der Waals surface area contributed by atoms with Crippen LogP contribution >= 0.6 is 24.0 Å². The molecule has 0 radical (unpaired) electrons. The van der Waals surface area contributed by atoms with E-state index in [1.54, 1.807) is 7.05 Å². The molecular formula is C19H30F3IN4O. The molecule has 2 N–H and O–H groups in total. The first-order chi connectivity index (χ1) is 12.9. The molecule has 0 aromatic heterocycles. The van der Waals surface area contributed by atoms with Gasteiger partial charge >= 0.3 is 6.18 Å². The Bertz CT molecular complexity index is 586. The second-order valence-corrected chi connectivity index (χ2v) is 6.76. The van der Waals surface area contributed by atoms with Gasteiger partial charge in [-0.25, -0.2) is 0 Å². The molecule has 28 heavy (non-hydrogen) atoms. The van der Waals surface area contributed by atoms with Crippen LogP contribution in [0.5, 0.6) is 0 Å². The number of ether oxygens (including phenoxy) is 1. The lowest BCUT2D eigenvalue weighted by Gasteiger charge is -2.20. The first kappa shape index (κ1) is 25.0. The van der Waals surface area contributed by atoms with Gasteiger partial charge in [-0.05, 0) is 25.3 Å². The molecule has 2 unspecified atom stereocenters. The van der Waals surface area contributed by atoms with E-state index in [1.165, 1.54) is 4.90 Å². The minimum absolute atomic E-state index is 0. The van der Waals surface area contributed by atoms with Crippen LogP contribution in [0.4, 0.5) is 13.2 Å². The number of hydrogen-bond acceptors (Lipinski definition) is 3. The maximum absolute atomic E-state index is 12.5. The molecule has 1 fully saturated rings. The van der Waals surface area contributed by atoms with E-state index in [4.69, 9.17) is 4.74 Å². The molecule has 9 heteroatoms. The number of hydrogen-bond donors (Lipinski definition) is 2. The topological polar surface area (TPSA) is 48.9 Å². The highest BCUT2D eigenvalue weighted by Crippen LogP contribution is 2.20. The second-order valence-electron chi connectivity index (χ2n) is 6.76. The fourth-order valence-corrected chi connectivity index (χ4v) is 3.09. The fourth-order valence-electron chi connectivity index (χ4n) is 3.09. The molecule has 160 valence electrons. The first-order valence-electron chi connectivity index (χ1n) is 9.30. The average Bonchev–Trinajstić information content (AvgIpc) is 3.05. The summed E-state index contributed by atoms with van der Waals surface area (Å²) in [4.78, 5) is 5.56. The van der Waals surface area contributed by atoms with Crippen LogP contribution < -0.4 is 10.6 Å². The normalized spacial score (nSPS) is 19.2. The summed E-state index contributed by atoms with van der Waals surface area (Å²) < 4.78 is 43.2. The van der Waals surface area contributed by atoms with Gasteiger partial charge in [-0.15, -0.1) is 24.0 Å². The molecular weight excluding hydrogens is 484 g/mol. The van der Waals surface area contributed by atoms with E-state index in [0.29, 0.717) is 38.6 Å². The summed E-state index contributed by atoms with van der Waals surface area (Å²) in [5.74, 6) is 0.616. The van der Waals surface area contributed by atoms with E-state index in [9.17, 15) is 13.2 Å². The van der Waals surface area contributed by atoms with Crippen molar-refractivity contribution in [1.82, 2.24) is 15.5 Å². The van der Waals surface area contributed by atoms with E-state index in [-0.39, 0.29) is 36.1 Å². The largest absolute Gasteiger partial charge is 0.401 e. The van der Waals surface area contributed by atoms with Crippen molar-refractivity contribution in [1.29, 1.82) is 0 Å². The summed E-state index contributed by atoms with van der Waals surface area (Å²) in [6.07, 6.45) is -2.62. The summed E-state index contributed by atoms with van der Waals surface area (Å²) in [7, 11) is 1.66. The van der Waals surface area contributed by atoms with Gasteiger partial charge in [0.05, 0.1) is 12.6 Å². The molecule has 1 aromatic rings. The zero-order valence-corrected chi connectivity index (χ0v) is 18.7. The Morgan fingerprint density at radius 3 is 2.68 bits per heavy atom. The molecule has 1 aliphatic heterocycles. The van der Waals surface area contributed by atoms with E-state index in [1.807, 2.05) is 37.3 Å². The van der Waals surface area contributed by atoms with Crippen LogP contribution in [-0.4, -0.2) is 62.9 Å². The van der Waals surface area contributed by atoms with Gasteiger partial charge in [-0.3, -0.25) is 9.89 Å². The number of nitrogens with one attached hydrogen (secondary N) is 2. The van der Waals surface area contributed by atoms with Crippen LogP contribution in [0.15, 0.2) is 35.3 Å². The van der Waals surface area contributed by atoms with E-state index < -0.39 is 12.7 Å². The summed E-state index contributed by atoms with van der Waals surface area (Å²) in [5, 5.41) is 6.39. The fraction of sp³-hybridized carbons (Fsp3) is 0.632. The lowest BCUT2D eigenvalue weighted by Crippen LogP contribution is -2.45. The zero-order valence-electron chi connectivity index (χ0n) is 16.3. The van der Waals surface area contributed by atoms with Crippen LogP contribution in [-0.2, 0) is 4.74 Å². The molecule has 1 saturated heterocycles. The summed E-state index contributed by atoms with van der Waals surface area (Å²) in [6.45, 7) is 3.28. The minimum atomic E-state index is -4.15. The molecule has 0 aliphatic carbocycles. The van der Waals surface area contributed by atoms with E-state index >= 15 is 0 Å². The van der Waals surface area contributed by atoms with E-state index in [2.05, 4.69) is 15.6 Å². The van der Waals surface area contributed by atoms with Crippen molar-refractivity contribution in [2.45, 2.75) is 38.1 Å². The molecule has 1 heterocycles. The molecule has 2 atom stereocenters. The Morgan fingerprint density at radius 2 is 2.04 bits per heavy atom. The van der Waals surface area contributed by atoms with Crippen LogP contribution in [0, 0.1) is 0 Å². The summed E-state index contributed by atoms with van der Waals surface area (Å²) >= 11 is 0. The standard InChI is InChI=1S/C19H29F3N4O.HI/c1-15(16-7-4-3-5-8-16)27-12-6-10-24-18(23-2)25-17-9-11-26(13-17)14-19(20,21)22;/h3-5,7-8,15,17H,6,9-14H2,1-2H3,(H2,23,24,25);1H. The Balaban J connectivity index is 0.00000392. The lowest BCUT2D eigenvalue weighted by atomic mass is 10.1. The van der Waals surface area contributed by atoms with Gasteiger partial charge in [-0.2, -0.15) is 13.2 Å². The van der Waals surface area contributed by atoms with Crippen molar-refractivity contribution >= 4 is 29.9 Å². The summed E-state index contributed by atoms with van der Waals surface area (Å²) in [5.41, 5.74) is 1.15. The Kier molecular flexibility index (Phi) is 11.1. The van der Waals surface area contributed by atoms with Gasteiger partial charge in [0, 0.05) is 39.3 Å². The molecule has 1 aliphatic rings. The van der Waals surface area contributed by atoms with Crippen LogP contribution in [0.1, 0.15) is 31.4 Å². The Hall–Kier alpha value is -1.07. The maximum atomic E-state index is 12.5. The van der Waals surface area contributed by atoms with Crippen molar-refractivity contribution in [2.75, 3.05) is 39.8 Å². The average molecular weight is 514 g/mol. The monoisotopic (exact) mass is 514 g/mol. The second kappa shape index (κ2) is 12.5. The molecule has 0 amide bonds. The number of aliphatic imine (C=N–C) groups is 1. The van der Waals surface area contributed by atoms with Crippen molar-refractivity contribution in [3.8, 4) is 0 Å². The third-order valence-electron chi connectivity index (χ3n) is 4.49. The molecule has 2 rings (SSSR count). The Labute approximate surface area is 182 Å². The van der Waals surface area contributed by atoms with Gasteiger partial charge in [0.1, 0.15) is 0 Å². The van der Waals surface area contributed by atoms with Gasteiger partial charge in [-0.1, -0.05) is 30.3 Å². The van der Waals surface area contributed by atoms with Gasteiger partial charge in [0.25, 0.3) is 0 Å². The maximum Gasteiger partial charge on any atom is 0.401 e. The van der Waals surface area contributed by atoms with Gasteiger partial charge < -0.3 is 15.4 Å². The number of benzene rings is 1. The number of alkyl halides is 3. The molecule has 5 nitrogen and oxygen atoms in total. The third kappa shape index (κ3) is 9.42. The predicted molar refractivity (Wildman–Crippen MR) is 116 cm³/mol. The van der Waals surface area contributed by atoms with Crippen LogP contribution in [0.3, 0.4) is 0 Å². The highest BCUT2D eigenvalue weighted by molar-refractivity contribution is 14.0. The van der Waals surface area contributed by atoms with Gasteiger partial charge in [0.2, 0.25) is 0 Å². The summed E-state index contributed by atoms with van der Waals surface area (Å²) in [6, 6.07) is 10.0. The van der Waals surface area contributed by atoms with Crippen molar-refractivity contribution in [3.05, 3.63) is 35.9 Å². The molecule has 0 bridgehead atoms. The first-order valence-corrected chi connectivity index (χ1v) is 9.30. The zero-order chi connectivity index (χ0) is 19.7. The minimum Gasteiger partial charge on any atom is -0.374 e. The quantitative estimate of drug-likeness (QED) is 0.241. The molecule has 1 aromatic carbocycles. The van der Waals surface area contributed by atoms with Crippen molar-refractivity contribution < 1.29 is 17.9 Å². The third-order valence-corrected chi connectivity index (χ3v) is 4.49. The number of halogens is 4. The highest BCUT2D eigenvalue weighted by atomic mass is 127. The number of likely N-dealkylation sites (tertiary alicyclic amines) is 1. The highest BCUT2D eigenvalue weighted by Gasteiger charge is 2.34. The number of nitrogens with zero attached hydrogens (tertiary/aromatic N) is 2. The van der Waals surface area contributed by atoms with Crippen LogP contribution in [0.2, 0.25) is 0 Å². The van der Waals surface area contributed by atoms with E-state index in [0.717, 1.165) is 12.0 Å².